The molecule has 5 amide bonds. The lowest BCUT2D eigenvalue weighted by Gasteiger charge is -2.31. The van der Waals surface area contributed by atoms with Crippen molar-refractivity contribution in [2.45, 2.75) is 122 Å². The zero-order valence-corrected chi connectivity index (χ0v) is 35.8. The van der Waals surface area contributed by atoms with Crippen LogP contribution in [0.1, 0.15) is 84.6 Å². The first kappa shape index (κ1) is 49.4. The van der Waals surface area contributed by atoms with Crippen LogP contribution in [0, 0.1) is 11.8 Å². The second-order valence-electron chi connectivity index (χ2n) is 16.1. The average Bonchev–Trinajstić information content (AvgIpc) is 3.71. The predicted octanol–water partition coefficient (Wildman–Crippen LogP) is -0.0762. The maximum Gasteiger partial charge on any atom is 0.326 e. The number of nitrogens with zero attached hydrogens (tertiary/aromatic N) is 3. The third-order valence-electron chi connectivity index (χ3n) is 10.8. The highest BCUT2D eigenvalue weighted by molar-refractivity contribution is 5.97. The van der Waals surface area contributed by atoms with Gasteiger partial charge in [0, 0.05) is 26.1 Å². The number of rotatable bonds is 24. The monoisotopic (exact) mass is 851 g/mol. The molecule has 1 heterocycles. The maximum absolute atomic E-state index is 14.4. The Kier molecular flexibility index (Phi) is 19.7. The van der Waals surface area contributed by atoms with Crippen molar-refractivity contribution in [2.24, 2.45) is 50.5 Å². The van der Waals surface area contributed by atoms with E-state index in [-0.39, 0.29) is 69.6 Å². The van der Waals surface area contributed by atoms with E-state index < -0.39 is 77.7 Å². The Hall–Kier alpha value is -5.98. The molecular weight excluding hydrogens is 785 g/mol. The lowest BCUT2D eigenvalue weighted by atomic mass is 9.95. The number of aliphatic carboxylic acids is 1. The fraction of sp³-hybridized carbons (Fsp3) is 0.571. The summed E-state index contributed by atoms with van der Waals surface area (Å²) in [6.07, 6.45) is 2.57. The van der Waals surface area contributed by atoms with Gasteiger partial charge in [0.25, 0.3) is 0 Å². The molecule has 1 aliphatic rings. The Bertz CT molecular complexity index is 1880. The van der Waals surface area contributed by atoms with E-state index in [2.05, 4.69) is 31.3 Å². The van der Waals surface area contributed by atoms with Crippen LogP contribution in [0.3, 0.4) is 0 Å². The van der Waals surface area contributed by atoms with Crippen molar-refractivity contribution in [3.8, 4) is 0 Å². The van der Waals surface area contributed by atoms with Crippen LogP contribution in [-0.2, 0) is 35.2 Å². The number of nitrogens with two attached hydrogens (primary N) is 5. The summed E-state index contributed by atoms with van der Waals surface area (Å²) < 4.78 is 0. The first-order valence-corrected chi connectivity index (χ1v) is 21.0. The number of amides is 5. The molecule has 3 rings (SSSR count). The summed E-state index contributed by atoms with van der Waals surface area (Å²) in [5.74, 6) is -4.82. The smallest absolute Gasteiger partial charge is 0.326 e. The maximum atomic E-state index is 14.4. The number of hydrogen-bond donors (Lipinski definition) is 10. The summed E-state index contributed by atoms with van der Waals surface area (Å²) in [5, 5.41) is 22.7. The molecule has 0 spiro atoms. The van der Waals surface area contributed by atoms with Gasteiger partial charge in [0.15, 0.2) is 11.9 Å². The van der Waals surface area contributed by atoms with Gasteiger partial charge in [-0.25, -0.2) is 4.79 Å². The molecule has 1 saturated heterocycles. The Balaban J connectivity index is 1.91. The van der Waals surface area contributed by atoms with Crippen LogP contribution in [0.15, 0.2) is 52.4 Å². The molecule has 61 heavy (non-hydrogen) atoms. The molecule has 2 aromatic rings. The molecule has 2 aromatic carbocycles. The van der Waals surface area contributed by atoms with Gasteiger partial charge in [-0.2, -0.15) is 0 Å². The molecule has 336 valence electrons. The number of fused-ring (bicyclic) bond motifs is 1. The van der Waals surface area contributed by atoms with Crippen molar-refractivity contribution in [2.75, 3.05) is 19.6 Å². The molecule has 0 aliphatic carbocycles. The molecule has 15 N–H and O–H groups in total. The summed E-state index contributed by atoms with van der Waals surface area (Å²) >= 11 is 0. The van der Waals surface area contributed by atoms with E-state index in [1.807, 2.05) is 63.2 Å². The van der Waals surface area contributed by atoms with Crippen LogP contribution in [0.5, 0.6) is 0 Å². The van der Waals surface area contributed by atoms with Gasteiger partial charge in [-0.15, -0.1) is 0 Å². The Morgan fingerprint density at radius 3 is 2.03 bits per heavy atom. The van der Waals surface area contributed by atoms with E-state index in [1.54, 1.807) is 6.92 Å². The molecular formula is C42H66N12O7. The van der Waals surface area contributed by atoms with E-state index in [0.29, 0.717) is 25.7 Å². The molecule has 1 aliphatic heterocycles. The normalized spacial score (nSPS) is 16.6. The largest absolute Gasteiger partial charge is 0.480 e. The van der Waals surface area contributed by atoms with E-state index >= 15 is 0 Å². The highest BCUT2D eigenvalue weighted by atomic mass is 16.4. The van der Waals surface area contributed by atoms with Gasteiger partial charge >= 0.3 is 5.97 Å². The summed E-state index contributed by atoms with van der Waals surface area (Å²) in [6, 6.07) is 6.68. The SMILES string of the molecule is CC[C@H](C)[C@H](NC(=O)[C@H](Cc1cccc2ccccc12)NC(=O)[C@@H]1CCCN1C(=O)[C@H](CCCN=C(N)N)NC(=O)[C@@H](N)CCCN=C(N)N)C(=O)N[C@@H](CC(C)C)C(=O)O. The molecule has 7 atom stereocenters. The van der Waals surface area contributed by atoms with Crippen LogP contribution < -0.4 is 49.9 Å². The van der Waals surface area contributed by atoms with Crippen LogP contribution in [-0.4, -0.2) is 113 Å². The Labute approximate surface area is 357 Å². The highest BCUT2D eigenvalue weighted by Crippen LogP contribution is 2.23. The standard InChI is InChI=1S/C42H66N12O7/c1-5-25(4)34(38(58)52-32(40(60)61)22-24(2)3)53-36(56)31(23-27-14-8-13-26-12-6-7-15-28(26)27)51-37(57)33-18-11-21-54(33)39(59)30(17-10-20-49-42(46)47)50-35(55)29(43)16-9-19-48-41(44)45/h6-8,12-15,24-25,29-34H,5,9-11,16-23,43H2,1-4H3,(H,50,55)(H,51,57)(H,52,58)(H,53,56)(H,60,61)(H4,44,45,48)(H4,46,47,49)/t25-,29-,30-,31-,32-,33-,34-/m0/s1. The van der Waals surface area contributed by atoms with Gasteiger partial charge in [-0.1, -0.05) is 76.6 Å². The molecule has 19 nitrogen and oxygen atoms in total. The van der Waals surface area contributed by atoms with Crippen molar-refractivity contribution in [3.05, 3.63) is 48.0 Å². The number of likely N-dealkylation sites (tertiary alicyclic amines) is 1. The number of carbonyl (C=O) groups excluding carboxylic acids is 5. The number of guanidine groups is 2. The number of benzene rings is 2. The number of hydrogen-bond acceptors (Lipinski definition) is 9. The van der Waals surface area contributed by atoms with Crippen molar-refractivity contribution in [3.63, 3.8) is 0 Å². The summed E-state index contributed by atoms with van der Waals surface area (Å²) in [7, 11) is 0. The third kappa shape index (κ3) is 15.5. The average molecular weight is 851 g/mol. The highest BCUT2D eigenvalue weighted by Gasteiger charge is 2.40. The predicted molar refractivity (Wildman–Crippen MR) is 234 cm³/mol. The van der Waals surface area contributed by atoms with Gasteiger partial charge < -0.3 is 59.9 Å². The Morgan fingerprint density at radius 1 is 0.787 bits per heavy atom. The summed E-state index contributed by atoms with van der Waals surface area (Å²) in [6.45, 7) is 7.97. The van der Waals surface area contributed by atoms with E-state index in [9.17, 15) is 33.9 Å². The Morgan fingerprint density at radius 2 is 1.41 bits per heavy atom. The van der Waals surface area contributed by atoms with E-state index in [1.165, 1.54) is 4.90 Å². The summed E-state index contributed by atoms with van der Waals surface area (Å²) in [5.41, 5.74) is 28.7. The number of carbonyl (C=O) groups is 6. The minimum Gasteiger partial charge on any atom is -0.480 e. The summed E-state index contributed by atoms with van der Waals surface area (Å²) in [4.78, 5) is 91.3. The van der Waals surface area contributed by atoms with Gasteiger partial charge in [0.2, 0.25) is 29.5 Å². The van der Waals surface area contributed by atoms with E-state index in [0.717, 1.165) is 16.3 Å². The first-order chi connectivity index (χ1) is 28.9. The molecule has 0 saturated carbocycles. The van der Waals surface area contributed by atoms with Crippen LogP contribution >= 0.6 is 0 Å². The second-order valence-corrected chi connectivity index (χ2v) is 16.1. The fourth-order valence-corrected chi connectivity index (χ4v) is 7.27. The van der Waals surface area contributed by atoms with Gasteiger partial charge in [0.1, 0.15) is 30.2 Å². The van der Waals surface area contributed by atoms with E-state index in [4.69, 9.17) is 28.7 Å². The lowest BCUT2D eigenvalue weighted by Crippen LogP contribution is -2.60. The second kappa shape index (κ2) is 24.3. The van der Waals surface area contributed by atoms with Crippen LogP contribution in [0.2, 0.25) is 0 Å². The number of nitrogens with one attached hydrogen (secondary N) is 4. The first-order valence-electron chi connectivity index (χ1n) is 21.0. The van der Waals surface area contributed by atoms with Crippen LogP contribution in [0.25, 0.3) is 10.8 Å². The lowest BCUT2D eigenvalue weighted by molar-refractivity contribution is -0.143. The zero-order valence-electron chi connectivity index (χ0n) is 35.8. The van der Waals surface area contributed by atoms with Crippen molar-refractivity contribution in [1.29, 1.82) is 0 Å². The molecule has 1 fully saturated rings. The minimum absolute atomic E-state index is 0.0259. The number of carboxylic acid groups (broad SMARTS) is 1. The molecule has 0 unspecified atom stereocenters. The van der Waals surface area contributed by atoms with Gasteiger partial charge in [0.05, 0.1) is 6.04 Å². The molecule has 19 heteroatoms. The van der Waals surface area contributed by atoms with Gasteiger partial charge in [-0.3, -0.25) is 34.0 Å². The van der Waals surface area contributed by atoms with Crippen molar-refractivity contribution in [1.82, 2.24) is 26.2 Å². The molecule has 0 radical (unpaired) electrons. The molecule has 0 bridgehead atoms. The number of carboxylic acids is 1. The minimum atomic E-state index is -1.21. The van der Waals surface area contributed by atoms with Crippen molar-refractivity contribution < 1.29 is 33.9 Å². The van der Waals surface area contributed by atoms with Crippen LogP contribution in [0.4, 0.5) is 0 Å². The third-order valence-corrected chi connectivity index (χ3v) is 10.8. The van der Waals surface area contributed by atoms with Gasteiger partial charge in [-0.05, 0) is 73.1 Å². The fourth-order valence-electron chi connectivity index (χ4n) is 7.27. The number of aliphatic imine (C=N–C) groups is 2. The zero-order chi connectivity index (χ0) is 45.2. The topological polar surface area (TPSA) is 329 Å². The molecule has 0 aromatic heterocycles. The van der Waals surface area contributed by atoms with Crippen molar-refractivity contribution >= 4 is 58.2 Å². The quantitative estimate of drug-likeness (QED) is 0.0377.